The molecule has 2 amide bonds. The minimum Gasteiger partial charge on any atom is -0.493 e. The molecular weight excluding hydrogens is 467 g/mol. The van der Waals surface area contributed by atoms with Gasteiger partial charge in [0.2, 0.25) is 17.4 Å². The summed E-state index contributed by atoms with van der Waals surface area (Å²) < 4.78 is 55.7. The maximum Gasteiger partial charge on any atom is 0.573 e. The number of carbonyl (C=O) groups excluding carboxylic acids is 2. The Bertz CT molecular complexity index is 1070. The molecule has 0 aliphatic carbocycles. The van der Waals surface area contributed by atoms with Crippen LogP contribution in [0.5, 0.6) is 23.0 Å². The number of benzene rings is 2. The highest BCUT2D eigenvalue weighted by Crippen LogP contribution is 2.46. The molecule has 0 fully saturated rings. The van der Waals surface area contributed by atoms with Gasteiger partial charge in [-0.25, -0.2) is 0 Å². The highest BCUT2D eigenvalue weighted by molar-refractivity contribution is 6.03. The number of halogens is 3. The molecule has 0 aliphatic heterocycles. The molecule has 0 bridgehead atoms. The molecule has 2 aromatic carbocycles. The molecule has 11 nitrogen and oxygen atoms in total. The number of carbonyl (C=O) groups is 2. The van der Waals surface area contributed by atoms with Crippen molar-refractivity contribution in [3.05, 3.63) is 46.0 Å². The van der Waals surface area contributed by atoms with E-state index in [0.717, 1.165) is 30.2 Å². The van der Waals surface area contributed by atoms with Gasteiger partial charge in [0.15, 0.2) is 5.75 Å². The lowest BCUT2D eigenvalue weighted by Gasteiger charge is -2.19. The Morgan fingerprint density at radius 3 is 2.12 bits per heavy atom. The maximum absolute atomic E-state index is 12.9. The zero-order valence-electron chi connectivity index (χ0n) is 18.4. The van der Waals surface area contributed by atoms with E-state index in [-0.39, 0.29) is 22.9 Å². The summed E-state index contributed by atoms with van der Waals surface area (Å²) >= 11 is 0. The lowest BCUT2D eigenvalue weighted by Crippen LogP contribution is -2.35. The fraction of sp³-hybridized carbons (Fsp3) is 0.300. The number of amides is 2. The summed E-state index contributed by atoms with van der Waals surface area (Å²) in [6.07, 6.45) is -4.86. The van der Waals surface area contributed by atoms with Crippen molar-refractivity contribution in [3.8, 4) is 23.0 Å². The largest absolute Gasteiger partial charge is 0.573 e. The van der Waals surface area contributed by atoms with Crippen LogP contribution in [-0.2, 0) is 4.79 Å². The van der Waals surface area contributed by atoms with Gasteiger partial charge in [0.1, 0.15) is 11.3 Å². The topological polar surface area (TPSA) is 129 Å². The predicted octanol–water partition coefficient (Wildman–Crippen LogP) is 3.23. The van der Waals surface area contributed by atoms with Crippen LogP contribution in [0, 0.1) is 10.1 Å². The highest BCUT2D eigenvalue weighted by atomic mass is 19.4. The molecule has 0 aromatic heterocycles. The highest BCUT2D eigenvalue weighted by Gasteiger charge is 2.34. The van der Waals surface area contributed by atoms with Gasteiger partial charge in [-0.05, 0) is 24.3 Å². The van der Waals surface area contributed by atoms with Crippen molar-refractivity contribution >= 4 is 23.2 Å². The number of hydrogen-bond donors (Lipinski definition) is 1. The van der Waals surface area contributed by atoms with E-state index in [2.05, 4.69) is 10.1 Å². The van der Waals surface area contributed by atoms with Crippen molar-refractivity contribution < 1.29 is 46.6 Å². The van der Waals surface area contributed by atoms with Gasteiger partial charge in [-0.15, -0.1) is 13.2 Å². The van der Waals surface area contributed by atoms with Gasteiger partial charge >= 0.3 is 12.0 Å². The van der Waals surface area contributed by atoms with Crippen LogP contribution in [0.1, 0.15) is 10.4 Å². The second kappa shape index (κ2) is 10.6. The monoisotopic (exact) mass is 487 g/mol. The molecule has 0 spiro atoms. The summed E-state index contributed by atoms with van der Waals surface area (Å²) in [5.74, 6) is -2.52. The van der Waals surface area contributed by atoms with Gasteiger partial charge in [-0.3, -0.25) is 19.7 Å². The zero-order chi connectivity index (χ0) is 25.6. The van der Waals surface area contributed by atoms with Crippen LogP contribution in [-0.4, -0.2) is 62.9 Å². The van der Waals surface area contributed by atoms with E-state index in [0.29, 0.717) is 0 Å². The van der Waals surface area contributed by atoms with Gasteiger partial charge in [0.25, 0.3) is 5.91 Å². The molecule has 184 valence electrons. The van der Waals surface area contributed by atoms with Crippen molar-refractivity contribution in [1.82, 2.24) is 4.90 Å². The van der Waals surface area contributed by atoms with Crippen LogP contribution in [0.2, 0.25) is 0 Å². The summed E-state index contributed by atoms with van der Waals surface area (Å²) in [6, 6.07) is 5.43. The Morgan fingerprint density at radius 2 is 1.65 bits per heavy atom. The van der Waals surface area contributed by atoms with Crippen LogP contribution in [0.3, 0.4) is 0 Å². The zero-order valence-corrected chi connectivity index (χ0v) is 18.4. The molecular formula is C20H20F3N3O8. The van der Waals surface area contributed by atoms with Crippen molar-refractivity contribution in [1.29, 1.82) is 0 Å². The third kappa shape index (κ3) is 6.17. The molecule has 14 heteroatoms. The SMILES string of the molecule is COc1cc(C(=O)N(C)CC(=O)Nc2ccc(OC(F)(F)F)cc2)c([N+](=O)[O-])c(OC)c1OC. The molecule has 0 radical (unpaired) electrons. The van der Waals surface area contributed by atoms with E-state index in [4.69, 9.17) is 14.2 Å². The van der Waals surface area contributed by atoms with Crippen molar-refractivity contribution in [2.45, 2.75) is 6.36 Å². The summed E-state index contributed by atoms with van der Waals surface area (Å²) in [5.41, 5.74) is -0.958. The van der Waals surface area contributed by atoms with Crippen LogP contribution in [0.4, 0.5) is 24.5 Å². The van der Waals surface area contributed by atoms with Crippen molar-refractivity contribution in [2.24, 2.45) is 0 Å². The van der Waals surface area contributed by atoms with Crippen molar-refractivity contribution in [2.75, 3.05) is 40.2 Å². The number of nitrogens with zero attached hydrogens (tertiary/aromatic N) is 2. The number of methoxy groups -OCH3 is 3. The summed E-state index contributed by atoms with van der Waals surface area (Å²) in [4.78, 5) is 37.0. The number of likely N-dealkylation sites (N-methyl/N-ethyl adjacent to an activating group) is 1. The lowest BCUT2D eigenvalue weighted by atomic mass is 10.1. The summed E-state index contributed by atoms with van der Waals surface area (Å²) in [5, 5.41) is 14.1. The minimum atomic E-state index is -4.86. The van der Waals surface area contributed by atoms with E-state index in [1.165, 1.54) is 33.4 Å². The van der Waals surface area contributed by atoms with E-state index >= 15 is 0 Å². The first-order chi connectivity index (χ1) is 15.9. The number of hydrogen-bond acceptors (Lipinski definition) is 8. The molecule has 2 aromatic rings. The molecule has 1 N–H and O–H groups in total. The second-order valence-corrected chi connectivity index (χ2v) is 6.58. The number of nitrogens with one attached hydrogen (secondary N) is 1. The normalized spacial score (nSPS) is 10.8. The summed E-state index contributed by atoms with van der Waals surface area (Å²) in [7, 11) is 4.89. The maximum atomic E-state index is 12.9. The first-order valence-corrected chi connectivity index (χ1v) is 9.30. The Kier molecular flexibility index (Phi) is 8.11. The Hall–Kier alpha value is -4.23. The van der Waals surface area contributed by atoms with E-state index in [1.54, 1.807) is 0 Å². The first kappa shape index (κ1) is 26.0. The summed E-state index contributed by atoms with van der Waals surface area (Å²) in [6.45, 7) is -0.534. The molecule has 34 heavy (non-hydrogen) atoms. The van der Waals surface area contributed by atoms with Crippen LogP contribution < -0.4 is 24.3 Å². The quantitative estimate of drug-likeness (QED) is 0.422. The number of nitro groups is 1. The van der Waals surface area contributed by atoms with Crippen LogP contribution in [0.15, 0.2) is 30.3 Å². The fourth-order valence-corrected chi connectivity index (χ4v) is 2.92. The second-order valence-electron chi connectivity index (χ2n) is 6.58. The van der Waals surface area contributed by atoms with E-state index in [9.17, 15) is 32.9 Å². The smallest absolute Gasteiger partial charge is 0.493 e. The van der Waals surface area contributed by atoms with E-state index in [1.807, 2.05) is 0 Å². The van der Waals surface area contributed by atoms with Crippen molar-refractivity contribution in [3.63, 3.8) is 0 Å². The van der Waals surface area contributed by atoms with Crippen LogP contribution in [0.25, 0.3) is 0 Å². The van der Waals surface area contributed by atoms with Gasteiger partial charge in [-0.2, -0.15) is 0 Å². The van der Waals surface area contributed by atoms with Gasteiger partial charge in [0, 0.05) is 18.8 Å². The molecule has 0 aliphatic rings. The van der Waals surface area contributed by atoms with E-state index < -0.39 is 46.6 Å². The third-order valence-corrected chi connectivity index (χ3v) is 4.32. The van der Waals surface area contributed by atoms with Gasteiger partial charge in [-0.1, -0.05) is 0 Å². The third-order valence-electron chi connectivity index (χ3n) is 4.32. The minimum absolute atomic E-state index is 0.00711. The first-order valence-electron chi connectivity index (χ1n) is 9.30. The predicted molar refractivity (Wildman–Crippen MR) is 111 cm³/mol. The average Bonchev–Trinajstić information content (AvgIpc) is 2.76. The Morgan fingerprint density at radius 1 is 1.06 bits per heavy atom. The number of rotatable bonds is 9. The lowest BCUT2D eigenvalue weighted by molar-refractivity contribution is -0.386. The standard InChI is InChI=1S/C20H20F3N3O8/c1-25(10-15(27)24-11-5-7-12(8-6-11)34-20(21,22)23)19(28)13-9-14(31-2)17(32-3)18(33-4)16(13)26(29)30/h5-9H,10H2,1-4H3,(H,24,27). The fourth-order valence-electron chi connectivity index (χ4n) is 2.92. The molecule has 0 unspecified atom stereocenters. The molecule has 0 heterocycles. The molecule has 2 rings (SSSR count). The van der Waals surface area contributed by atoms with Gasteiger partial charge < -0.3 is 29.2 Å². The van der Waals surface area contributed by atoms with Gasteiger partial charge in [0.05, 0.1) is 32.8 Å². The Balaban J connectivity index is 2.22. The number of alkyl halides is 3. The number of anilines is 1. The average molecular weight is 487 g/mol. The number of nitro benzene ring substituents is 1. The number of ether oxygens (including phenoxy) is 4. The van der Waals surface area contributed by atoms with Crippen LogP contribution >= 0.6 is 0 Å². The molecule has 0 saturated carbocycles. The molecule has 0 saturated heterocycles. The Labute approximate surface area is 191 Å². The molecule has 0 atom stereocenters.